The van der Waals surface area contributed by atoms with Gasteiger partial charge < -0.3 is 16.2 Å². The number of rotatable bonds is 5. The molecule has 0 heterocycles. The molecule has 4 heteroatoms. The van der Waals surface area contributed by atoms with E-state index in [1.807, 2.05) is 48.5 Å². The van der Waals surface area contributed by atoms with Gasteiger partial charge in [0.15, 0.2) is 0 Å². The minimum absolute atomic E-state index is 0.0396. The van der Waals surface area contributed by atoms with E-state index in [2.05, 4.69) is 5.32 Å². The van der Waals surface area contributed by atoms with Gasteiger partial charge in [-0.25, -0.2) is 0 Å². The summed E-state index contributed by atoms with van der Waals surface area (Å²) in [6, 6.07) is 16.0. The Balaban J connectivity index is 2.24. The average molecular weight is 256 g/mol. The highest BCUT2D eigenvalue weighted by Crippen LogP contribution is 2.20. The maximum Gasteiger partial charge on any atom is 0.244 e. The van der Waals surface area contributed by atoms with Crippen LogP contribution >= 0.6 is 0 Å². The van der Waals surface area contributed by atoms with Crippen molar-refractivity contribution < 1.29 is 9.90 Å². The van der Waals surface area contributed by atoms with E-state index in [9.17, 15) is 4.79 Å². The van der Waals surface area contributed by atoms with Gasteiger partial charge in [0, 0.05) is 5.69 Å². The normalized spacial score (nSPS) is 11.8. The summed E-state index contributed by atoms with van der Waals surface area (Å²) in [5.41, 5.74) is 7.77. The van der Waals surface area contributed by atoms with Crippen LogP contribution in [-0.4, -0.2) is 11.0 Å². The standard InChI is InChI=1S/C15H16N2O2/c16-15(19)14(12-6-2-1-3-7-12)17-13-8-4-5-11(9-13)10-18/h1-9,14,17-18H,10H2,(H2,16,19). The minimum atomic E-state index is -0.588. The highest BCUT2D eigenvalue weighted by Gasteiger charge is 2.17. The number of amides is 1. The van der Waals surface area contributed by atoms with Crippen LogP contribution < -0.4 is 11.1 Å². The second-order valence-electron chi connectivity index (χ2n) is 4.25. The number of benzene rings is 2. The van der Waals surface area contributed by atoms with Crippen LogP contribution in [0.1, 0.15) is 17.2 Å². The van der Waals surface area contributed by atoms with Gasteiger partial charge in [0.05, 0.1) is 6.61 Å². The molecule has 0 fully saturated rings. The molecule has 1 unspecified atom stereocenters. The number of hydrogen-bond acceptors (Lipinski definition) is 3. The Morgan fingerprint density at radius 3 is 2.53 bits per heavy atom. The fourth-order valence-electron chi connectivity index (χ4n) is 1.89. The molecule has 0 spiro atoms. The molecular formula is C15H16N2O2. The van der Waals surface area contributed by atoms with Crippen molar-refractivity contribution in [2.24, 2.45) is 5.73 Å². The first kappa shape index (κ1) is 13.1. The highest BCUT2D eigenvalue weighted by molar-refractivity contribution is 5.84. The molecule has 1 atom stereocenters. The number of carbonyl (C=O) groups excluding carboxylic acids is 1. The van der Waals surface area contributed by atoms with Crippen molar-refractivity contribution in [1.82, 2.24) is 0 Å². The van der Waals surface area contributed by atoms with E-state index in [-0.39, 0.29) is 6.61 Å². The summed E-state index contributed by atoms with van der Waals surface area (Å²) in [7, 11) is 0. The monoisotopic (exact) mass is 256 g/mol. The third-order valence-electron chi connectivity index (χ3n) is 2.84. The van der Waals surface area contributed by atoms with E-state index in [4.69, 9.17) is 10.8 Å². The van der Waals surface area contributed by atoms with Crippen LogP contribution in [0, 0.1) is 0 Å². The van der Waals surface area contributed by atoms with Gasteiger partial charge in [0.25, 0.3) is 0 Å². The van der Waals surface area contributed by atoms with Gasteiger partial charge in [-0.2, -0.15) is 0 Å². The lowest BCUT2D eigenvalue weighted by atomic mass is 10.1. The van der Waals surface area contributed by atoms with E-state index in [1.54, 1.807) is 6.07 Å². The molecule has 0 radical (unpaired) electrons. The van der Waals surface area contributed by atoms with Crippen molar-refractivity contribution >= 4 is 11.6 Å². The third kappa shape index (κ3) is 3.33. The highest BCUT2D eigenvalue weighted by atomic mass is 16.3. The average Bonchev–Trinajstić information content (AvgIpc) is 2.45. The Morgan fingerprint density at radius 2 is 1.89 bits per heavy atom. The first-order valence-corrected chi connectivity index (χ1v) is 6.01. The van der Waals surface area contributed by atoms with Gasteiger partial charge in [0.2, 0.25) is 5.91 Å². The molecule has 19 heavy (non-hydrogen) atoms. The largest absolute Gasteiger partial charge is 0.392 e. The Kier molecular flexibility index (Phi) is 4.15. The molecule has 0 aliphatic carbocycles. The fourth-order valence-corrected chi connectivity index (χ4v) is 1.89. The number of primary amides is 1. The predicted molar refractivity (Wildman–Crippen MR) is 74.4 cm³/mol. The molecule has 0 saturated carbocycles. The van der Waals surface area contributed by atoms with E-state index in [0.717, 1.165) is 16.8 Å². The van der Waals surface area contributed by atoms with Crippen LogP contribution in [0.3, 0.4) is 0 Å². The minimum Gasteiger partial charge on any atom is -0.392 e. The number of hydrogen-bond donors (Lipinski definition) is 3. The first-order chi connectivity index (χ1) is 9.20. The molecule has 2 aromatic rings. The molecule has 0 aliphatic heterocycles. The topological polar surface area (TPSA) is 75.4 Å². The molecule has 0 aliphatic rings. The number of anilines is 1. The van der Waals surface area contributed by atoms with E-state index in [1.165, 1.54) is 0 Å². The zero-order chi connectivity index (χ0) is 13.7. The number of aliphatic hydroxyl groups is 1. The van der Waals surface area contributed by atoms with Gasteiger partial charge in [-0.15, -0.1) is 0 Å². The molecule has 4 nitrogen and oxygen atoms in total. The number of aliphatic hydroxyl groups excluding tert-OH is 1. The predicted octanol–water partition coefficient (Wildman–Crippen LogP) is 1.82. The molecule has 0 saturated heterocycles. The first-order valence-electron chi connectivity index (χ1n) is 6.01. The number of carbonyl (C=O) groups is 1. The molecule has 4 N–H and O–H groups in total. The van der Waals surface area contributed by atoms with Crippen molar-refractivity contribution in [3.63, 3.8) is 0 Å². The number of nitrogens with one attached hydrogen (secondary N) is 1. The SMILES string of the molecule is NC(=O)C(Nc1cccc(CO)c1)c1ccccc1. The maximum atomic E-state index is 11.6. The molecule has 98 valence electrons. The third-order valence-corrected chi connectivity index (χ3v) is 2.84. The lowest BCUT2D eigenvalue weighted by molar-refractivity contribution is -0.118. The van der Waals surface area contributed by atoms with Crippen LogP contribution in [0.25, 0.3) is 0 Å². The lowest BCUT2D eigenvalue weighted by Gasteiger charge is -2.17. The van der Waals surface area contributed by atoms with Crippen LogP contribution in [0.4, 0.5) is 5.69 Å². The molecule has 2 aromatic carbocycles. The zero-order valence-corrected chi connectivity index (χ0v) is 10.4. The second-order valence-corrected chi connectivity index (χ2v) is 4.25. The van der Waals surface area contributed by atoms with E-state index >= 15 is 0 Å². The van der Waals surface area contributed by atoms with E-state index in [0.29, 0.717) is 0 Å². The number of nitrogens with two attached hydrogens (primary N) is 1. The smallest absolute Gasteiger partial charge is 0.244 e. The van der Waals surface area contributed by atoms with Crippen LogP contribution in [0.15, 0.2) is 54.6 Å². The summed E-state index contributed by atoms with van der Waals surface area (Å²) in [6.07, 6.45) is 0. The van der Waals surface area contributed by atoms with E-state index < -0.39 is 11.9 Å². The second kappa shape index (κ2) is 6.02. The Labute approximate surface area is 111 Å². The lowest BCUT2D eigenvalue weighted by Crippen LogP contribution is -2.27. The van der Waals surface area contributed by atoms with Crippen molar-refractivity contribution in [2.75, 3.05) is 5.32 Å². The van der Waals surface area contributed by atoms with Crippen LogP contribution in [0.2, 0.25) is 0 Å². The summed E-state index contributed by atoms with van der Waals surface area (Å²) >= 11 is 0. The quantitative estimate of drug-likeness (QED) is 0.763. The van der Waals surface area contributed by atoms with Gasteiger partial charge >= 0.3 is 0 Å². The maximum absolute atomic E-state index is 11.6. The van der Waals surface area contributed by atoms with Crippen LogP contribution in [0.5, 0.6) is 0 Å². The molecule has 2 rings (SSSR count). The van der Waals surface area contributed by atoms with Crippen molar-refractivity contribution in [2.45, 2.75) is 12.6 Å². The summed E-state index contributed by atoms with van der Waals surface area (Å²) in [5.74, 6) is -0.444. The summed E-state index contributed by atoms with van der Waals surface area (Å²) < 4.78 is 0. The summed E-state index contributed by atoms with van der Waals surface area (Å²) in [6.45, 7) is -0.0396. The Morgan fingerprint density at radius 1 is 1.16 bits per heavy atom. The molecular weight excluding hydrogens is 240 g/mol. The van der Waals surface area contributed by atoms with Crippen LogP contribution in [-0.2, 0) is 11.4 Å². The summed E-state index contributed by atoms with van der Waals surface area (Å²) in [4.78, 5) is 11.6. The van der Waals surface area contributed by atoms with Gasteiger partial charge in [-0.3, -0.25) is 4.79 Å². The zero-order valence-electron chi connectivity index (χ0n) is 10.4. The molecule has 0 bridgehead atoms. The van der Waals surface area contributed by atoms with Gasteiger partial charge in [0.1, 0.15) is 6.04 Å². The molecule has 0 aromatic heterocycles. The Bertz CT molecular complexity index is 555. The molecule has 1 amide bonds. The van der Waals surface area contributed by atoms with Crippen molar-refractivity contribution in [1.29, 1.82) is 0 Å². The summed E-state index contributed by atoms with van der Waals surface area (Å²) in [5, 5.41) is 12.2. The van der Waals surface area contributed by atoms with Crippen molar-refractivity contribution in [3.8, 4) is 0 Å². The van der Waals surface area contributed by atoms with Gasteiger partial charge in [-0.1, -0.05) is 42.5 Å². The Hall–Kier alpha value is -2.33. The van der Waals surface area contributed by atoms with Gasteiger partial charge in [-0.05, 0) is 23.3 Å². The van der Waals surface area contributed by atoms with Crippen molar-refractivity contribution in [3.05, 3.63) is 65.7 Å². The fraction of sp³-hybridized carbons (Fsp3) is 0.133.